The zero-order valence-electron chi connectivity index (χ0n) is 10.5. The third-order valence-electron chi connectivity index (χ3n) is 2.54. The van der Waals surface area contributed by atoms with Crippen LogP contribution in [-0.4, -0.2) is 22.1 Å². The first-order valence-electron chi connectivity index (χ1n) is 5.87. The van der Waals surface area contributed by atoms with E-state index >= 15 is 0 Å². The van der Waals surface area contributed by atoms with Crippen molar-refractivity contribution in [2.75, 3.05) is 6.61 Å². The Labute approximate surface area is 96.6 Å². The van der Waals surface area contributed by atoms with E-state index in [2.05, 4.69) is 11.9 Å². The second kappa shape index (κ2) is 5.68. The third kappa shape index (κ3) is 2.43. The van der Waals surface area contributed by atoms with Crippen molar-refractivity contribution in [2.24, 2.45) is 7.05 Å². The van der Waals surface area contributed by atoms with Crippen LogP contribution in [0.25, 0.3) is 0 Å². The molecular weight excluding hydrogens is 204 g/mol. The van der Waals surface area contributed by atoms with Crippen molar-refractivity contribution < 1.29 is 9.53 Å². The molecule has 0 bridgehead atoms. The van der Waals surface area contributed by atoms with Gasteiger partial charge in [0.1, 0.15) is 11.5 Å². The molecular formula is C12H20N2O2. The number of carbonyl (C=O) groups is 1. The molecule has 0 aliphatic carbocycles. The summed E-state index contributed by atoms with van der Waals surface area (Å²) in [7, 11) is 1.88. The summed E-state index contributed by atoms with van der Waals surface area (Å²) in [6, 6.07) is 0. The van der Waals surface area contributed by atoms with Gasteiger partial charge in [-0.25, -0.2) is 9.78 Å². The number of aromatic nitrogens is 2. The zero-order valence-corrected chi connectivity index (χ0v) is 10.5. The molecule has 1 aromatic rings. The monoisotopic (exact) mass is 224 g/mol. The van der Waals surface area contributed by atoms with Crippen molar-refractivity contribution in [3.8, 4) is 0 Å². The Balaban J connectivity index is 3.09. The quantitative estimate of drug-likeness (QED) is 0.719. The summed E-state index contributed by atoms with van der Waals surface area (Å²) in [4.78, 5) is 16.3. The van der Waals surface area contributed by atoms with Crippen LogP contribution in [0.1, 0.15) is 49.2 Å². The number of carbonyl (C=O) groups excluding carboxylic acids is 1. The van der Waals surface area contributed by atoms with Gasteiger partial charge in [0.2, 0.25) is 0 Å². The highest BCUT2D eigenvalue weighted by Gasteiger charge is 2.20. The molecule has 0 aromatic carbocycles. The first-order valence-corrected chi connectivity index (χ1v) is 5.87. The summed E-state index contributed by atoms with van der Waals surface area (Å²) in [5.41, 5.74) is 1.44. The molecule has 1 heterocycles. The van der Waals surface area contributed by atoms with E-state index in [0.29, 0.717) is 12.3 Å². The molecule has 4 nitrogen and oxygen atoms in total. The van der Waals surface area contributed by atoms with Gasteiger partial charge >= 0.3 is 5.97 Å². The fraction of sp³-hybridized carbons (Fsp3) is 0.667. The molecule has 0 atom stereocenters. The maximum absolute atomic E-state index is 11.8. The molecule has 0 spiro atoms. The normalized spacial score (nSPS) is 10.5. The topological polar surface area (TPSA) is 44.1 Å². The molecule has 4 heteroatoms. The van der Waals surface area contributed by atoms with Crippen LogP contribution in [0.3, 0.4) is 0 Å². The molecule has 1 rings (SSSR count). The van der Waals surface area contributed by atoms with E-state index in [1.165, 1.54) is 0 Å². The fourth-order valence-electron chi connectivity index (χ4n) is 1.75. The summed E-state index contributed by atoms with van der Waals surface area (Å²) in [6.45, 7) is 6.31. The number of ether oxygens (including phenoxy) is 1. The smallest absolute Gasteiger partial charge is 0.356 e. The molecule has 90 valence electrons. The molecule has 0 fully saturated rings. The molecule has 16 heavy (non-hydrogen) atoms. The van der Waals surface area contributed by atoms with E-state index in [9.17, 15) is 4.79 Å². The third-order valence-corrected chi connectivity index (χ3v) is 2.54. The van der Waals surface area contributed by atoms with Crippen molar-refractivity contribution in [1.82, 2.24) is 9.55 Å². The molecule has 0 unspecified atom stereocenters. The predicted molar refractivity (Wildman–Crippen MR) is 62.5 cm³/mol. The molecule has 0 aliphatic heterocycles. The zero-order chi connectivity index (χ0) is 12.1. The van der Waals surface area contributed by atoms with Crippen LogP contribution >= 0.6 is 0 Å². The summed E-state index contributed by atoms with van der Waals surface area (Å²) in [5.74, 6) is 0.694. The Kier molecular flexibility index (Phi) is 4.52. The van der Waals surface area contributed by atoms with Gasteiger partial charge in [-0.15, -0.1) is 0 Å². The molecule has 0 saturated carbocycles. The highest BCUT2D eigenvalue weighted by Crippen LogP contribution is 2.14. The number of imidazole rings is 1. The highest BCUT2D eigenvalue weighted by molar-refractivity contribution is 5.89. The Morgan fingerprint density at radius 2 is 2.06 bits per heavy atom. The van der Waals surface area contributed by atoms with Crippen LogP contribution in [0.5, 0.6) is 0 Å². The van der Waals surface area contributed by atoms with E-state index in [1.54, 1.807) is 0 Å². The van der Waals surface area contributed by atoms with E-state index in [-0.39, 0.29) is 5.97 Å². The maximum Gasteiger partial charge on any atom is 0.356 e. The lowest BCUT2D eigenvalue weighted by molar-refractivity contribution is 0.0513. The van der Waals surface area contributed by atoms with Gasteiger partial charge < -0.3 is 9.30 Å². The van der Waals surface area contributed by atoms with Crippen LogP contribution in [0.4, 0.5) is 0 Å². The lowest BCUT2D eigenvalue weighted by Crippen LogP contribution is -2.13. The van der Waals surface area contributed by atoms with E-state index in [1.807, 2.05) is 25.5 Å². The lowest BCUT2D eigenvalue weighted by Gasteiger charge is -2.05. The van der Waals surface area contributed by atoms with Gasteiger partial charge in [-0.3, -0.25) is 0 Å². The van der Waals surface area contributed by atoms with Gasteiger partial charge in [0, 0.05) is 13.5 Å². The van der Waals surface area contributed by atoms with Crippen molar-refractivity contribution in [2.45, 2.75) is 40.0 Å². The van der Waals surface area contributed by atoms with Gasteiger partial charge in [0.05, 0.1) is 12.3 Å². The standard InChI is InChI=1S/C12H20N2O2/c1-5-8-10-13-9(6-2)11(14(10)4)12(15)16-7-3/h5-8H2,1-4H3. The minimum Gasteiger partial charge on any atom is -0.461 e. The molecule has 0 amide bonds. The number of aryl methyl sites for hydroxylation is 2. The second-order valence-electron chi connectivity index (χ2n) is 3.71. The second-order valence-corrected chi connectivity index (χ2v) is 3.71. The number of hydrogen-bond acceptors (Lipinski definition) is 3. The van der Waals surface area contributed by atoms with Crippen molar-refractivity contribution >= 4 is 5.97 Å². The van der Waals surface area contributed by atoms with Gasteiger partial charge in [0.25, 0.3) is 0 Å². The van der Waals surface area contributed by atoms with Crippen LogP contribution < -0.4 is 0 Å². The largest absolute Gasteiger partial charge is 0.461 e. The highest BCUT2D eigenvalue weighted by atomic mass is 16.5. The van der Waals surface area contributed by atoms with E-state index in [0.717, 1.165) is 30.8 Å². The van der Waals surface area contributed by atoms with Crippen LogP contribution in [0.2, 0.25) is 0 Å². The van der Waals surface area contributed by atoms with Gasteiger partial charge in [0.15, 0.2) is 0 Å². The molecule has 0 saturated heterocycles. The fourth-order valence-corrected chi connectivity index (χ4v) is 1.75. The van der Waals surface area contributed by atoms with Gasteiger partial charge in [-0.2, -0.15) is 0 Å². The summed E-state index contributed by atoms with van der Waals surface area (Å²) in [5, 5.41) is 0. The number of nitrogens with zero attached hydrogens (tertiary/aromatic N) is 2. The van der Waals surface area contributed by atoms with Crippen LogP contribution in [-0.2, 0) is 24.6 Å². The molecule has 0 N–H and O–H groups in total. The molecule has 0 aliphatic rings. The average Bonchev–Trinajstić information content (AvgIpc) is 2.57. The predicted octanol–water partition coefficient (Wildman–Crippen LogP) is 2.11. The number of hydrogen-bond donors (Lipinski definition) is 0. The number of esters is 1. The van der Waals surface area contributed by atoms with Gasteiger partial charge in [-0.05, 0) is 19.8 Å². The first kappa shape index (κ1) is 12.7. The summed E-state index contributed by atoms with van der Waals surface area (Å²) >= 11 is 0. The minimum absolute atomic E-state index is 0.267. The average molecular weight is 224 g/mol. The van der Waals surface area contributed by atoms with Crippen LogP contribution in [0.15, 0.2) is 0 Å². The maximum atomic E-state index is 11.8. The Bertz CT molecular complexity index is 369. The van der Waals surface area contributed by atoms with E-state index in [4.69, 9.17) is 4.74 Å². The summed E-state index contributed by atoms with van der Waals surface area (Å²) in [6.07, 6.45) is 2.67. The van der Waals surface area contributed by atoms with Crippen LogP contribution in [0, 0.1) is 0 Å². The Morgan fingerprint density at radius 3 is 2.56 bits per heavy atom. The lowest BCUT2D eigenvalue weighted by atomic mass is 10.2. The Morgan fingerprint density at radius 1 is 1.38 bits per heavy atom. The first-order chi connectivity index (χ1) is 7.65. The Hall–Kier alpha value is -1.32. The number of rotatable bonds is 5. The SMILES string of the molecule is CCCc1nc(CC)c(C(=O)OCC)n1C. The molecule has 1 aromatic heterocycles. The molecule has 0 radical (unpaired) electrons. The van der Waals surface area contributed by atoms with Crippen molar-refractivity contribution in [3.63, 3.8) is 0 Å². The van der Waals surface area contributed by atoms with E-state index < -0.39 is 0 Å². The van der Waals surface area contributed by atoms with Crippen molar-refractivity contribution in [3.05, 3.63) is 17.2 Å². The summed E-state index contributed by atoms with van der Waals surface area (Å²) < 4.78 is 6.90. The minimum atomic E-state index is -0.267. The van der Waals surface area contributed by atoms with Gasteiger partial charge in [-0.1, -0.05) is 13.8 Å². The van der Waals surface area contributed by atoms with Crippen molar-refractivity contribution in [1.29, 1.82) is 0 Å².